The van der Waals surface area contributed by atoms with Crippen LogP contribution in [0.15, 0.2) is 30.3 Å². The quantitative estimate of drug-likeness (QED) is 0.722. The predicted molar refractivity (Wildman–Crippen MR) is 101 cm³/mol. The van der Waals surface area contributed by atoms with E-state index in [-0.39, 0.29) is 24.7 Å². The third kappa shape index (κ3) is 5.86. The Morgan fingerprint density at radius 2 is 1.48 bits per heavy atom. The average molecular weight is 376 g/mol. The normalized spacial score (nSPS) is 11.8. The summed E-state index contributed by atoms with van der Waals surface area (Å²) in [6.07, 6.45) is 0. The summed E-state index contributed by atoms with van der Waals surface area (Å²) in [4.78, 5) is 24.9. The molecule has 2 aromatic carbocycles. The van der Waals surface area contributed by atoms with E-state index in [9.17, 15) is 18.4 Å². The van der Waals surface area contributed by atoms with Gasteiger partial charge in [0.25, 0.3) is 11.8 Å². The van der Waals surface area contributed by atoms with Crippen LogP contribution in [-0.4, -0.2) is 32.0 Å². The number of nitrogens with one attached hydrogen (secondary N) is 3. The molecule has 0 aromatic heterocycles. The number of hydrogen-bond acceptors (Lipinski definition) is 2. The lowest BCUT2D eigenvalue weighted by Crippen LogP contribution is -3.11. The molecule has 1 atom stereocenters. The number of benzene rings is 2. The van der Waals surface area contributed by atoms with Gasteiger partial charge in [-0.25, -0.2) is 8.78 Å². The summed E-state index contributed by atoms with van der Waals surface area (Å²) in [5, 5.41) is 5.26. The van der Waals surface area contributed by atoms with Crippen molar-refractivity contribution in [2.24, 2.45) is 0 Å². The van der Waals surface area contributed by atoms with Crippen molar-refractivity contribution in [2.75, 3.05) is 30.8 Å². The summed E-state index contributed by atoms with van der Waals surface area (Å²) in [5.41, 5.74) is 3.75. The number of rotatable bonds is 6. The highest BCUT2D eigenvalue weighted by Crippen LogP contribution is 2.21. The number of halogens is 2. The van der Waals surface area contributed by atoms with Gasteiger partial charge in [-0.1, -0.05) is 17.7 Å². The van der Waals surface area contributed by atoms with Crippen LogP contribution in [-0.2, 0) is 9.59 Å². The molecule has 144 valence electrons. The van der Waals surface area contributed by atoms with Crippen LogP contribution in [0.2, 0.25) is 0 Å². The third-order valence-corrected chi connectivity index (χ3v) is 4.07. The maximum atomic E-state index is 13.6. The molecule has 0 aliphatic heterocycles. The highest BCUT2D eigenvalue weighted by atomic mass is 19.1. The molecular formula is C20H24F2N3O2+. The van der Waals surface area contributed by atoms with Crippen molar-refractivity contribution in [1.82, 2.24) is 0 Å². The Labute approximate surface area is 157 Å². The largest absolute Gasteiger partial charge is 0.322 e. The van der Waals surface area contributed by atoms with Crippen LogP contribution < -0.4 is 15.5 Å². The topological polar surface area (TPSA) is 62.6 Å². The van der Waals surface area contributed by atoms with Crippen molar-refractivity contribution in [3.8, 4) is 0 Å². The van der Waals surface area contributed by atoms with Crippen LogP contribution in [0, 0.1) is 32.4 Å². The number of aryl methyl sites for hydroxylation is 3. The Bertz CT molecular complexity index is 845. The standard InChI is InChI=1S/C20H23F2N3O2/c1-12-7-13(2)20(14(3)8-12)24-19(27)11-25(4)10-18(26)23-17-6-5-15(21)9-16(17)22/h5-9H,10-11H2,1-4H3,(H,23,26)(H,24,27)/p+1. The number of anilines is 2. The second kappa shape index (κ2) is 8.73. The zero-order valence-electron chi connectivity index (χ0n) is 15.9. The van der Waals surface area contributed by atoms with Gasteiger partial charge in [0, 0.05) is 11.8 Å². The van der Waals surface area contributed by atoms with Crippen molar-refractivity contribution in [1.29, 1.82) is 0 Å². The van der Waals surface area contributed by atoms with E-state index in [1.54, 1.807) is 7.05 Å². The van der Waals surface area contributed by atoms with Crippen LogP contribution in [0.25, 0.3) is 0 Å². The minimum atomic E-state index is -0.843. The molecule has 7 heteroatoms. The van der Waals surface area contributed by atoms with Crippen molar-refractivity contribution >= 4 is 23.2 Å². The molecule has 0 bridgehead atoms. The predicted octanol–water partition coefficient (Wildman–Crippen LogP) is 1.98. The van der Waals surface area contributed by atoms with Crippen molar-refractivity contribution < 1.29 is 23.3 Å². The molecule has 0 fully saturated rings. The minimum absolute atomic E-state index is 0.0316. The molecule has 0 saturated carbocycles. The number of likely N-dealkylation sites (N-methyl/N-ethyl adjacent to an activating group) is 1. The lowest BCUT2D eigenvalue weighted by atomic mass is 10.1. The second-order valence-corrected chi connectivity index (χ2v) is 6.80. The SMILES string of the molecule is Cc1cc(C)c(NC(=O)C[NH+](C)CC(=O)Nc2ccc(F)cc2F)c(C)c1. The van der Waals surface area contributed by atoms with Gasteiger partial charge in [-0.2, -0.15) is 0 Å². The van der Waals surface area contributed by atoms with E-state index >= 15 is 0 Å². The molecule has 2 aromatic rings. The molecule has 3 N–H and O–H groups in total. The van der Waals surface area contributed by atoms with Gasteiger partial charge >= 0.3 is 0 Å². The third-order valence-electron chi connectivity index (χ3n) is 4.07. The molecule has 27 heavy (non-hydrogen) atoms. The summed E-state index contributed by atoms with van der Waals surface area (Å²) >= 11 is 0. The highest BCUT2D eigenvalue weighted by molar-refractivity contribution is 5.94. The van der Waals surface area contributed by atoms with E-state index in [1.165, 1.54) is 0 Å². The Morgan fingerprint density at radius 3 is 2.04 bits per heavy atom. The minimum Gasteiger partial charge on any atom is -0.322 e. The van der Waals surface area contributed by atoms with Gasteiger partial charge < -0.3 is 15.5 Å². The van der Waals surface area contributed by atoms with Crippen LogP contribution >= 0.6 is 0 Å². The molecule has 1 unspecified atom stereocenters. The van der Waals surface area contributed by atoms with Crippen molar-refractivity contribution in [3.63, 3.8) is 0 Å². The van der Waals surface area contributed by atoms with Crippen LogP contribution in [0.5, 0.6) is 0 Å². The van der Waals surface area contributed by atoms with Crippen molar-refractivity contribution in [3.05, 3.63) is 58.7 Å². The molecule has 5 nitrogen and oxygen atoms in total. The fourth-order valence-electron chi connectivity index (χ4n) is 2.96. The van der Waals surface area contributed by atoms with E-state index in [1.807, 2.05) is 32.9 Å². The number of quaternary nitrogens is 1. The highest BCUT2D eigenvalue weighted by Gasteiger charge is 2.17. The smallest absolute Gasteiger partial charge is 0.279 e. The first-order chi connectivity index (χ1) is 12.7. The van der Waals surface area contributed by atoms with E-state index < -0.39 is 17.5 Å². The fourth-order valence-corrected chi connectivity index (χ4v) is 2.96. The molecule has 0 saturated heterocycles. The molecule has 0 heterocycles. The molecule has 0 aliphatic carbocycles. The molecular weight excluding hydrogens is 352 g/mol. The summed E-state index contributed by atoms with van der Waals surface area (Å²) in [7, 11) is 1.69. The fraction of sp³-hybridized carbons (Fsp3) is 0.300. The van der Waals surface area contributed by atoms with E-state index in [4.69, 9.17) is 0 Å². The first-order valence-electron chi connectivity index (χ1n) is 8.59. The van der Waals surface area contributed by atoms with Gasteiger partial charge in [0.05, 0.1) is 12.7 Å². The van der Waals surface area contributed by atoms with Gasteiger partial charge in [-0.05, 0) is 44.0 Å². The molecule has 0 spiro atoms. The number of hydrogen-bond donors (Lipinski definition) is 3. The molecule has 2 amide bonds. The summed E-state index contributed by atoms with van der Waals surface area (Å²) in [6, 6.07) is 6.90. The lowest BCUT2D eigenvalue weighted by Gasteiger charge is -2.16. The van der Waals surface area contributed by atoms with Crippen LogP contribution in [0.1, 0.15) is 16.7 Å². The Hall–Kier alpha value is -2.80. The number of amides is 2. The van der Waals surface area contributed by atoms with E-state index in [0.29, 0.717) is 11.0 Å². The molecule has 0 radical (unpaired) electrons. The second-order valence-electron chi connectivity index (χ2n) is 6.80. The van der Waals surface area contributed by atoms with E-state index in [2.05, 4.69) is 10.6 Å². The Balaban J connectivity index is 1.90. The zero-order valence-corrected chi connectivity index (χ0v) is 15.9. The summed E-state index contributed by atoms with van der Waals surface area (Å²) in [6.45, 7) is 5.89. The van der Waals surface area contributed by atoms with Gasteiger partial charge in [0.2, 0.25) is 0 Å². The Kier molecular flexibility index (Phi) is 6.63. The first-order valence-corrected chi connectivity index (χ1v) is 8.59. The Morgan fingerprint density at radius 1 is 0.926 bits per heavy atom. The maximum Gasteiger partial charge on any atom is 0.279 e. The summed E-state index contributed by atoms with van der Waals surface area (Å²) in [5.74, 6) is -2.24. The van der Waals surface area contributed by atoms with E-state index in [0.717, 1.165) is 34.5 Å². The number of carbonyl (C=O) groups excluding carboxylic acids is 2. The zero-order chi connectivity index (χ0) is 20.1. The van der Waals surface area contributed by atoms with Crippen molar-refractivity contribution in [2.45, 2.75) is 20.8 Å². The van der Waals surface area contributed by atoms with Gasteiger partial charge in [0.1, 0.15) is 11.6 Å². The van der Waals surface area contributed by atoms with Crippen LogP contribution in [0.4, 0.5) is 20.2 Å². The van der Waals surface area contributed by atoms with Gasteiger partial charge in [0.15, 0.2) is 13.1 Å². The lowest BCUT2D eigenvalue weighted by molar-refractivity contribution is -0.862. The monoisotopic (exact) mass is 376 g/mol. The maximum absolute atomic E-state index is 13.6. The average Bonchev–Trinajstić information content (AvgIpc) is 2.53. The van der Waals surface area contributed by atoms with Crippen LogP contribution in [0.3, 0.4) is 0 Å². The number of carbonyl (C=O) groups is 2. The van der Waals surface area contributed by atoms with Gasteiger partial charge in [-0.15, -0.1) is 0 Å². The first kappa shape index (κ1) is 20.5. The summed E-state index contributed by atoms with van der Waals surface area (Å²) < 4.78 is 26.5. The molecule has 2 rings (SSSR count). The molecule has 0 aliphatic rings. The van der Waals surface area contributed by atoms with Gasteiger partial charge in [-0.3, -0.25) is 9.59 Å².